The van der Waals surface area contributed by atoms with Crippen molar-refractivity contribution in [3.8, 4) is 11.5 Å². The molecule has 1 atom stereocenters. The molecule has 29 heavy (non-hydrogen) atoms. The number of hydrogen-bond acceptors (Lipinski definition) is 5. The average molecular weight is 419 g/mol. The van der Waals surface area contributed by atoms with Crippen LogP contribution < -0.4 is 9.47 Å². The Morgan fingerprint density at radius 3 is 2.41 bits per heavy atom. The third-order valence-corrected chi connectivity index (χ3v) is 6.31. The van der Waals surface area contributed by atoms with Gasteiger partial charge in [0.2, 0.25) is 0 Å². The average Bonchev–Trinajstić information content (AvgIpc) is 2.66. The summed E-state index contributed by atoms with van der Waals surface area (Å²) in [4.78, 5) is 0. The van der Waals surface area contributed by atoms with E-state index in [1.54, 1.807) is 0 Å². The Morgan fingerprint density at radius 2 is 1.76 bits per heavy atom. The van der Waals surface area contributed by atoms with Crippen LogP contribution in [0.4, 0.5) is 0 Å². The summed E-state index contributed by atoms with van der Waals surface area (Å²) in [7, 11) is -3.44. The Kier molecular flexibility index (Phi) is 6.24. The highest BCUT2D eigenvalue weighted by atomic mass is 32.2. The molecular weight excluding hydrogens is 388 g/mol. The first-order chi connectivity index (χ1) is 13.6. The first-order valence-electron chi connectivity index (χ1n) is 9.92. The van der Waals surface area contributed by atoms with Crippen molar-refractivity contribution in [2.75, 3.05) is 12.9 Å². The van der Waals surface area contributed by atoms with Crippen LogP contribution >= 0.6 is 0 Å². The van der Waals surface area contributed by atoms with Crippen LogP contribution in [0.3, 0.4) is 0 Å². The Morgan fingerprint density at radius 1 is 1.07 bits per heavy atom. The van der Waals surface area contributed by atoms with Gasteiger partial charge in [-0.05, 0) is 62.8 Å². The van der Waals surface area contributed by atoms with E-state index >= 15 is 0 Å². The molecule has 0 spiro atoms. The van der Waals surface area contributed by atoms with Crippen LogP contribution in [0.1, 0.15) is 47.6 Å². The first-order valence-corrected chi connectivity index (χ1v) is 11.7. The van der Waals surface area contributed by atoms with Crippen molar-refractivity contribution in [1.29, 1.82) is 0 Å². The molecule has 2 aromatic rings. The number of rotatable bonds is 7. The van der Waals surface area contributed by atoms with Gasteiger partial charge in [0.1, 0.15) is 23.7 Å². The molecule has 1 unspecified atom stereocenters. The monoisotopic (exact) mass is 418 g/mol. The molecule has 158 valence electrons. The normalized spacial score (nSPS) is 18.8. The molecule has 0 bridgehead atoms. The summed E-state index contributed by atoms with van der Waals surface area (Å²) in [6.07, 6.45) is 3.25. The van der Waals surface area contributed by atoms with Crippen molar-refractivity contribution in [1.82, 2.24) is 0 Å². The molecule has 0 radical (unpaired) electrons. The van der Waals surface area contributed by atoms with Gasteiger partial charge in [0.05, 0.1) is 12.9 Å². The molecule has 0 aliphatic carbocycles. The fourth-order valence-corrected chi connectivity index (χ4v) is 4.20. The maximum atomic E-state index is 11.2. The second kappa shape index (κ2) is 8.36. The van der Waals surface area contributed by atoms with E-state index in [-0.39, 0.29) is 6.61 Å². The molecule has 2 aromatic carbocycles. The molecule has 0 saturated carbocycles. The third-order valence-electron chi connectivity index (χ3n) is 5.72. The minimum atomic E-state index is -3.44. The third kappa shape index (κ3) is 5.11. The standard InChI is InChI=1S/C23H30O5S/c1-16-17(2)22-20(11-12-23(4,28-22)13-14-27-29(5,24)25)18(3)21(16)26-15-19-9-7-6-8-10-19/h6-10H,11-15H2,1-5H3. The zero-order valence-corrected chi connectivity index (χ0v) is 18.7. The van der Waals surface area contributed by atoms with E-state index in [4.69, 9.17) is 13.7 Å². The summed E-state index contributed by atoms with van der Waals surface area (Å²) in [6.45, 7) is 8.88. The summed E-state index contributed by atoms with van der Waals surface area (Å²) in [5, 5.41) is 0. The van der Waals surface area contributed by atoms with E-state index in [2.05, 4.69) is 32.9 Å². The first kappa shape index (κ1) is 21.7. The highest BCUT2D eigenvalue weighted by Gasteiger charge is 2.35. The highest BCUT2D eigenvalue weighted by Crippen LogP contribution is 2.44. The van der Waals surface area contributed by atoms with Crippen molar-refractivity contribution >= 4 is 10.1 Å². The van der Waals surface area contributed by atoms with Crippen molar-refractivity contribution in [3.05, 3.63) is 58.1 Å². The van der Waals surface area contributed by atoms with E-state index in [0.717, 1.165) is 52.9 Å². The van der Waals surface area contributed by atoms with E-state index in [0.29, 0.717) is 13.0 Å². The summed E-state index contributed by atoms with van der Waals surface area (Å²) < 4.78 is 40.0. The van der Waals surface area contributed by atoms with Gasteiger partial charge in [-0.25, -0.2) is 0 Å². The predicted molar refractivity (Wildman–Crippen MR) is 114 cm³/mol. The molecule has 6 heteroatoms. The van der Waals surface area contributed by atoms with Crippen LogP contribution in [-0.4, -0.2) is 26.9 Å². The summed E-state index contributed by atoms with van der Waals surface area (Å²) in [5.74, 6) is 1.83. The Hall–Kier alpha value is -2.05. The number of hydrogen-bond donors (Lipinski definition) is 0. The summed E-state index contributed by atoms with van der Waals surface area (Å²) >= 11 is 0. The predicted octanol–water partition coefficient (Wildman–Crippen LogP) is 4.64. The van der Waals surface area contributed by atoms with Gasteiger partial charge in [-0.3, -0.25) is 4.18 Å². The summed E-state index contributed by atoms with van der Waals surface area (Å²) in [6, 6.07) is 10.1. The smallest absolute Gasteiger partial charge is 0.264 e. The number of fused-ring (bicyclic) bond motifs is 1. The van der Waals surface area contributed by atoms with Crippen LogP contribution in [0.25, 0.3) is 0 Å². The fraction of sp³-hybridized carbons (Fsp3) is 0.478. The molecule has 1 heterocycles. The zero-order valence-electron chi connectivity index (χ0n) is 17.9. The van der Waals surface area contributed by atoms with Crippen LogP contribution in [0.5, 0.6) is 11.5 Å². The lowest BCUT2D eigenvalue weighted by molar-refractivity contribution is 0.0421. The van der Waals surface area contributed by atoms with Gasteiger partial charge in [0, 0.05) is 12.0 Å². The molecular formula is C23H30O5S. The minimum absolute atomic E-state index is 0.125. The maximum absolute atomic E-state index is 11.2. The topological polar surface area (TPSA) is 61.8 Å². The van der Waals surface area contributed by atoms with Crippen LogP contribution in [0, 0.1) is 20.8 Å². The molecule has 0 amide bonds. The van der Waals surface area contributed by atoms with E-state index < -0.39 is 15.7 Å². The Bertz CT molecular complexity index is 982. The van der Waals surface area contributed by atoms with E-state index in [1.165, 1.54) is 5.56 Å². The lowest BCUT2D eigenvalue weighted by Gasteiger charge is -2.38. The van der Waals surface area contributed by atoms with Crippen molar-refractivity contribution in [3.63, 3.8) is 0 Å². The number of ether oxygens (including phenoxy) is 2. The lowest BCUT2D eigenvalue weighted by atomic mass is 9.86. The van der Waals surface area contributed by atoms with E-state index in [9.17, 15) is 8.42 Å². The molecule has 0 N–H and O–H groups in total. The van der Waals surface area contributed by atoms with Gasteiger partial charge in [0.15, 0.2) is 0 Å². The SMILES string of the molecule is Cc1c(C)c2c(c(C)c1OCc1ccccc1)CCC(C)(CCOS(C)(=O)=O)O2. The number of benzene rings is 2. The van der Waals surface area contributed by atoms with Gasteiger partial charge >= 0.3 is 0 Å². The van der Waals surface area contributed by atoms with Gasteiger partial charge in [0.25, 0.3) is 10.1 Å². The van der Waals surface area contributed by atoms with Gasteiger partial charge in [-0.1, -0.05) is 30.3 Å². The molecule has 3 rings (SSSR count). The van der Waals surface area contributed by atoms with Crippen molar-refractivity contribution in [2.45, 2.75) is 59.2 Å². The van der Waals surface area contributed by atoms with Crippen molar-refractivity contribution in [2.24, 2.45) is 0 Å². The second-order valence-corrected chi connectivity index (χ2v) is 9.76. The molecule has 0 saturated heterocycles. The minimum Gasteiger partial charge on any atom is -0.488 e. The largest absolute Gasteiger partial charge is 0.488 e. The molecule has 1 aliphatic heterocycles. The quantitative estimate of drug-likeness (QED) is 0.613. The van der Waals surface area contributed by atoms with Crippen LogP contribution in [0.15, 0.2) is 30.3 Å². The van der Waals surface area contributed by atoms with Gasteiger partial charge < -0.3 is 9.47 Å². The zero-order chi connectivity index (χ0) is 21.2. The van der Waals surface area contributed by atoms with Crippen molar-refractivity contribution < 1.29 is 22.1 Å². The molecule has 0 fully saturated rings. The Labute approximate surface area is 174 Å². The summed E-state index contributed by atoms with van der Waals surface area (Å²) in [5.41, 5.74) is 5.13. The maximum Gasteiger partial charge on any atom is 0.264 e. The Balaban J connectivity index is 1.81. The van der Waals surface area contributed by atoms with Crippen LogP contribution in [0.2, 0.25) is 0 Å². The fourth-order valence-electron chi connectivity index (χ4n) is 3.81. The van der Waals surface area contributed by atoms with E-state index in [1.807, 2.05) is 25.1 Å². The molecule has 0 aromatic heterocycles. The van der Waals surface area contributed by atoms with Gasteiger partial charge in [-0.15, -0.1) is 0 Å². The molecule has 5 nitrogen and oxygen atoms in total. The van der Waals surface area contributed by atoms with Crippen LogP contribution in [-0.2, 0) is 27.3 Å². The van der Waals surface area contributed by atoms with Gasteiger partial charge in [-0.2, -0.15) is 8.42 Å². The second-order valence-electron chi connectivity index (χ2n) is 8.11. The lowest BCUT2D eigenvalue weighted by Crippen LogP contribution is -2.38. The molecule has 1 aliphatic rings. The highest BCUT2D eigenvalue weighted by molar-refractivity contribution is 7.85.